The molecule has 1 heterocycles. The second kappa shape index (κ2) is 5.50. The van der Waals surface area contributed by atoms with E-state index in [1.54, 1.807) is 0 Å². The van der Waals surface area contributed by atoms with Crippen molar-refractivity contribution in [3.63, 3.8) is 0 Å². The van der Waals surface area contributed by atoms with Crippen LogP contribution in [0, 0.1) is 0 Å². The van der Waals surface area contributed by atoms with Crippen LogP contribution < -0.4 is 5.32 Å². The van der Waals surface area contributed by atoms with Gasteiger partial charge in [-0.3, -0.25) is 0 Å². The zero-order valence-electron chi connectivity index (χ0n) is 11.5. The molecular formula is C14H29NO. The fourth-order valence-corrected chi connectivity index (χ4v) is 3.17. The van der Waals surface area contributed by atoms with Crippen LogP contribution in [0.4, 0.5) is 0 Å². The van der Waals surface area contributed by atoms with Crippen molar-refractivity contribution in [2.75, 3.05) is 0 Å². The summed E-state index contributed by atoms with van der Waals surface area (Å²) >= 11 is 0. The fourth-order valence-electron chi connectivity index (χ4n) is 3.17. The predicted molar refractivity (Wildman–Crippen MR) is 69.6 cm³/mol. The minimum Gasteiger partial charge on any atom is -0.393 e. The Bertz CT molecular complexity index is 207. The summed E-state index contributed by atoms with van der Waals surface area (Å²) in [6.07, 6.45) is 7.43. The van der Waals surface area contributed by atoms with Crippen molar-refractivity contribution in [1.29, 1.82) is 0 Å². The molecule has 0 bridgehead atoms. The maximum atomic E-state index is 10.1. The number of hydrogen-bond donors (Lipinski definition) is 2. The second-order valence-corrected chi connectivity index (χ2v) is 5.50. The SMILES string of the molecule is CCC1(CC)CCC(O)CC(CC)(CC)N1. The van der Waals surface area contributed by atoms with Crippen LogP contribution >= 0.6 is 0 Å². The van der Waals surface area contributed by atoms with Gasteiger partial charge in [-0.25, -0.2) is 0 Å². The average Bonchev–Trinajstić information content (AvgIpc) is 2.47. The standard InChI is InChI=1S/C14H29NO/c1-5-13(6-2)10-9-12(16)11-14(7-3,8-4)15-13/h12,15-16H,5-11H2,1-4H3. The van der Waals surface area contributed by atoms with Gasteiger partial charge in [0, 0.05) is 11.1 Å². The number of nitrogens with one attached hydrogen (secondary N) is 1. The normalized spacial score (nSPS) is 28.7. The molecule has 0 radical (unpaired) electrons. The lowest BCUT2D eigenvalue weighted by Gasteiger charge is -2.42. The first-order valence-corrected chi connectivity index (χ1v) is 7.02. The maximum Gasteiger partial charge on any atom is 0.0558 e. The predicted octanol–water partition coefficient (Wildman–Crippen LogP) is 3.24. The monoisotopic (exact) mass is 227 g/mol. The van der Waals surface area contributed by atoms with Gasteiger partial charge < -0.3 is 10.4 Å². The molecule has 1 aliphatic rings. The third kappa shape index (κ3) is 2.78. The summed E-state index contributed by atoms with van der Waals surface area (Å²) in [7, 11) is 0. The van der Waals surface area contributed by atoms with Gasteiger partial charge in [-0.2, -0.15) is 0 Å². The molecule has 1 saturated heterocycles. The van der Waals surface area contributed by atoms with E-state index >= 15 is 0 Å². The topological polar surface area (TPSA) is 32.3 Å². The maximum absolute atomic E-state index is 10.1. The van der Waals surface area contributed by atoms with Crippen molar-refractivity contribution >= 4 is 0 Å². The highest BCUT2D eigenvalue weighted by Gasteiger charge is 2.40. The lowest BCUT2D eigenvalue weighted by Crippen LogP contribution is -2.56. The molecule has 96 valence electrons. The van der Waals surface area contributed by atoms with E-state index in [1.807, 2.05) is 0 Å². The molecule has 16 heavy (non-hydrogen) atoms. The van der Waals surface area contributed by atoms with Gasteiger partial charge in [0.2, 0.25) is 0 Å². The Hall–Kier alpha value is -0.0800. The molecule has 2 nitrogen and oxygen atoms in total. The van der Waals surface area contributed by atoms with Gasteiger partial charge in [0.25, 0.3) is 0 Å². The van der Waals surface area contributed by atoms with E-state index in [0.717, 1.165) is 44.9 Å². The van der Waals surface area contributed by atoms with Crippen LogP contribution in [0.3, 0.4) is 0 Å². The summed E-state index contributed by atoms with van der Waals surface area (Å²) in [5.74, 6) is 0. The summed E-state index contributed by atoms with van der Waals surface area (Å²) < 4.78 is 0. The Morgan fingerprint density at radius 3 is 1.94 bits per heavy atom. The van der Waals surface area contributed by atoms with E-state index in [0.29, 0.717) is 0 Å². The molecule has 1 atom stereocenters. The summed E-state index contributed by atoms with van der Waals surface area (Å²) in [6, 6.07) is 0. The van der Waals surface area contributed by atoms with Gasteiger partial charge in [-0.05, 0) is 44.9 Å². The van der Waals surface area contributed by atoms with Crippen molar-refractivity contribution < 1.29 is 5.11 Å². The van der Waals surface area contributed by atoms with Crippen molar-refractivity contribution in [3.05, 3.63) is 0 Å². The Morgan fingerprint density at radius 1 is 1.00 bits per heavy atom. The van der Waals surface area contributed by atoms with Crippen LogP contribution in [0.5, 0.6) is 0 Å². The molecule has 2 N–H and O–H groups in total. The Balaban J connectivity index is 2.93. The van der Waals surface area contributed by atoms with Gasteiger partial charge >= 0.3 is 0 Å². The molecule has 1 unspecified atom stereocenters. The van der Waals surface area contributed by atoms with Crippen molar-refractivity contribution in [2.24, 2.45) is 0 Å². The van der Waals surface area contributed by atoms with Crippen LogP contribution in [-0.2, 0) is 0 Å². The van der Waals surface area contributed by atoms with Gasteiger partial charge in [0.15, 0.2) is 0 Å². The summed E-state index contributed by atoms with van der Waals surface area (Å²) in [5, 5.41) is 14.0. The van der Waals surface area contributed by atoms with E-state index in [2.05, 4.69) is 33.0 Å². The first-order chi connectivity index (χ1) is 7.55. The lowest BCUT2D eigenvalue weighted by atomic mass is 9.83. The molecule has 1 fully saturated rings. The van der Waals surface area contributed by atoms with Crippen LogP contribution in [0.25, 0.3) is 0 Å². The number of aliphatic hydroxyl groups is 1. The zero-order chi connectivity index (χ0) is 12.2. The Morgan fingerprint density at radius 2 is 1.50 bits per heavy atom. The highest BCUT2D eigenvalue weighted by atomic mass is 16.3. The van der Waals surface area contributed by atoms with E-state index in [9.17, 15) is 5.11 Å². The smallest absolute Gasteiger partial charge is 0.0558 e. The molecule has 0 aromatic carbocycles. The summed E-state index contributed by atoms with van der Waals surface area (Å²) in [4.78, 5) is 0. The molecule has 0 aromatic heterocycles. The van der Waals surface area contributed by atoms with E-state index < -0.39 is 0 Å². The van der Waals surface area contributed by atoms with Crippen molar-refractivity contribution in [1.82, 2.24) is 5.32 Å². The summed E-state index contributed by atoms with van der Waals surface area (Å²) in [6.45, 7) is 9.02. The first-order valence-electron chi connectivity index (χ1n) is 7.02. The first kappa shape index (κ1) is 14.0. The van der Waals surface area contributed by atoms with Crippen LogP contribution in [-0.4, -0.2) is 22.3 Å². The van der Waals surface area contributed by atoms with Gasteiger partial charge in [-0.1, -0.05) is 27.7 Å². The zero-order valence-corrected chi connectivity index (χ0v) is 11.5. The minimum absolute atomic E-state index is 0.118. The van der Waals surface area contributed by atoms with Crippen LogP contribution in [0.1, 0.15) is 72.6 Å². The Kier molecular flexibility index (Phi) is 4.81. The second-order valence-electron chi connectivity index (χ2n) is 5.50. The molecule has 1 aliphatic heterocycles. The third-order valence-corrected chi connectivity index (χ3v) is 4.82. The van der Waals surface area contributed by atoms with E-state index in [4.69, 9.17) is 0 Å². The quantitative estimate of drug-likeness (QED) is 0.773. The lowest BCUT2D eigenvalue weighted by molar-refractivity contribution is 0.117. The average molecular weight is 227 g/mol. The largest absolute Gasteiger partial charge is 0.393 e. The number of rotatable bonds is 4. The molecule has 0 aliphatic carbocycles. The number of aliphatic hydroxyl groups excluding tert-OH is 1. The van der Waals surface area contributed by atoms with Crippen LogP contribution in [0.15, 0.2) is 0 Å². The third-order valence-electron chi connectivity index (χ3n) is 4.82. The molecule has 1 rings (SSSR count). The fraction of sp³-hybridized carbons (Fsp3) is 1.00. The van der Waals surface area contributed by atoms with Crippen molar-refractivity contribution in [3.8, 4) is 0 Å². The Labute approximate surface area is 101 Å². The minimum atomic E-state index is -0.118. The molecular weight excluding hydrogens is 198 g/mol. The van der Waals surface area contributed by atoms with Crippen LogP contribution in [0.2, 0.25) is 0 Å². The van der Waals surface area contributed by atoms with E-state index in [1.165, 1.54) is 0 Å². The molecule has 0 aromatic rings. The van der Waals surface area contributed by atoms with Gasteiger partial charge in [0.1, 0.15) is 0 Å². The number of hydrogen-bond acceptors (Lipinski definition) is 2. The highest BCUT2D eigenvalue weighted by Crippen LogP contribution is 2.35. The van der Waals surface area contributed by atoms with E-state index in [-0.39, 0.29) is 17.2 Å². The van der Waals surface area contributed by atoms with Gasteiger partial charge in [-0.15, -0.1) is 0 Å². The van der Waals surface area contributed by atoms with Gasteiger partial charge in [0.05, 0.1) is 6.10 Å². The molecule has 2 heteroatoms. The van der Waals surface area contributed by atoms with Crippen molar-refractivity contribution in [2.45, 2.75) is 89.8 Å². The molecule has 0 spiro atoms. The highest BCUT2D eigenvalue weighted by molar-refractivity contribution is 5.00. The molecule has 0 saturated carbocycles. The molecule has 0 amide bonds. The summed E-state index contributed by atoms with van der Waals surface area (Å²) in [5.41, 5.74) is 0.408.